The van der Waals surface area contributed by atoms with Gasteiger partial charge < -0.3 is 20.5 Å². The topological polar surface area (TPSA) is 122 Å². The van der Waals surface area contributed by atoms with Crippen LogP contribution in [0.2, 0.25) is 0 Å². The molecule has 256 valence electrons. The predicted octanol–water partition coefficient (Wildman–Crippen LogP) is 7.60. The number of esters is 1. The average molecular weight is 683 g/mol. The van der Waals surface area contributed by atoms with Crippen molar-refractivity contribution in [3.05, 3.63) is 103 Å². The summed E-state index contributed by atoms with van der Waals surface area (Å²) in [5.41, 5.74) is 0.0777. The lowest BCUT2D eigenvalue weighted by Crippen LogP contribution is -2.43. The van der Waals surface area contributed by atoms with Crippen molar-refractivity contribution in [3.8, 4) is 5.75 Å². The molecule has 8 nitrogen and oxygen atoms in total. The van der Waals surface area contributed by atoms with Crippen LogP contribution in [0.4, 0.5) is 0 Å². The number of phenols is 1. The van der Waals surface area contributed by atoms with Crippen LogP contribution in [0, 0.1) is 0 Å². The third-order valence-corrected chi connectivity index (χ3v) is 8.87. The van der Waals surface area contributed by atoms with Crippen LogP contribution in [0.5, 0.6) is 5.75 Å². The van der Waals surface area contributed by atoms with Crippen molar-refractivity contribution in [2.24, 2.45) is 0 Å². The lowest BCUT2D eigenvalue weighted by Gasteiger charge is -2.18. The number of nitrogens with one attached hydrogen (secondary N) is 2. The summed E-state index contributed by atoms with van der Waals surface area (Å²) in [7, 11) is 3.83. The first kappa shape index (κ1) is 41.3. The minimum absolute atomic E-state index is 0.0777. The first-order chi connectivity index (χ1) is 22.8. The molecule has 10 heteroatoms. The Kier molecular flexibility index (Phi) is 24.0. The maximum atomic E-state index is 12.5. The second-order valence-corrected chi connectivity index (χ2v) is 12.9. The van der Waals surface area contributed by atoms with Crippen LogP contribution in [-0.2, 0) is 19.1 Å². The van der Waals surface area contributed by atoms with Crippen LogP contribution in [0.3, 0.4) is 0 Å². The van der Waals surface area contributed by atoms with Gasteiger partial charge in [-0.25, -0.2) is 4.79 Å². The molecule has 0 aromatic heterocycles. The third kappa shape index (κ3) is 20.9. The predicted molar refractivity (Wildman–Crippen MR) is 196 cm³/mol. The largest absolute Gasteiger partial charge is 0.507 e. The standard InChI is InChI=1S/C37H50N2O6S2/c1-4-5-6-7-8-9-10-11-12-13-14-15-16-17-18-19-20-21-22-27-35(42)38-33(37(44)45-3)29-47-46-28-32(30(2)40)39-36(43)31-25-23-24-26-34(31)41/h5-6,8-9,11-12,14-15,17-18,20-21,23-26,32-33,41H,4,7,10,13,16,19,22,27-29H2,1-3H3,(H,38,42)(H,39,43)/b6-5-,9-8-,12-11-,15-14-,18-17-,21-20-/t32-,33-/m0/s1. The van der Waals surface area contributed by atoms with Gasteiger partial charge in [0.25, 0.3) is 5.91 Å². The van der Waals surface area contributed by atoms with Crippen LogP contribution in [0.15, 0.2) is 97.2 Å². The van der Waals surface area contributed by atoms with Gasteiger partial charge in [-0.3, -0.25) is 14.4 Å². The fourth-order valence-corrected chi connectivity index (χ4v) is 6.22. The van der Waals surface area contributed by atoms with E-state index >= 15 is 0 Å². The molecular weight excluding hydrogens is 633 g/mol. The Morgan fingerprint density at radius 1 is 0.745 bits per heavy atom. The van der Waals surface area contributed by atoms with E-state index < -0.39 is 24.0 Å². The number of phenolic OH excluding ortho intramolecular Hbond substituents is 1. The Morgan fingerprint density at radius 3 is 1.72 bits per heavy atom. The fraction of sp³-hybridized carbons (Fsp3) is 0.405. The van der Waals surface area contributed by atoms with E-state index in [-0.39, 0.29) is 40.9 Å². The highest BCUT2D eigenvalue weighted by Crippen LogP contribution is 2.24. The summed E-state index contributed by atoms with van der Waals surface area (Å²) in [5.74, 6) is -1.33. The van der Waals surface area contributed by atoms with Crippen molar-refractivity contribution in [3.63, 3.8) is 0 Å². The maximum absolute atomic E-state index is 12.5. The molecular formula is C37H50N2O6S2. The van der Waals surface area contributed by atoms with Gasteiger partial charge in [0.1, 0.15) is 11.8 Å². The summed E-state index contributed by atoms with van der Waals surface area (Å²) in [4.78, 5) is 49.3. The summed E-state index contributed by atoms with van der Waals surface area (Å²) in [6.45, 7) is 3.51. The number of Topliss-reactive ketones (excluding diaryl/α,β-unsaturated/α-hetero) is 1. The molecule has 0 radical (unpaired) electrons. The first-order valence-corrected chi connectivity index (χ1v) is 18.4. The number of ether oxygens (including phenoxy) is 1. The van der Waals surface area contributed by atoms with Crippen LogP contribution >= 0.6 is 21.6 Å². The van der Waals surface area contributed by atoms with Gasteiger partial charge in [-0.15, -0.1) is 0 Å². The lowest BCUT2D eigenvalue weighted by atomic mass is 10.1. The number of aromatic hydroxyl groups is 1. The van der Waals surface area contributed by atoms with E-state index in [1.807, 2.05) is 12.2 Å². The third-order valence-electron chi connectivity index (χ3n) is 6.45. The molecule has 0 aliphatic carbocycles. The monoisotopic (exact) mass is 682 g/mol. The molecule has 2 atom stereocenters. The highest BCUT2D eigenvalue weighted by molar-refractivity contribution is 8.76. The van der Waals surface area contributed by atoms with Gasteiger partial charge in [-0.05, 0) is 64.0 Å². The number of hydrogen-bond donors (Lipinski definition) is 3. The number of methoxy groups -OCH3 is 1. The van der Waals surface area contributed by atoms with Crippen molar-refractivity contribution < 1.29 is 29.0 Å². The van der Waals surface area contributed by atoms with Crippen molar-refractivity contribution in [2.75, 3.05) is 18.6 Å². The molecule has 0 saturated carbocycles. The number of amides is 2. The molecule has 0 aliphatic heterocycles. The molecule has 0 fully saturated rings. The Hall–Kier alpha value is -3.76. The molecule has 0 unspecified atom stereocenters. The molecule has 0 heterocycles. The number of ketones is 1. The van der Waals surface area contributed by atoms with Crippen molar-refractivity contribution >= 4 is 45.2 Å². The van der Waals surface area contributed by atoms with E-state index in [1.165, 1.54) is 47.8 Å². The minimum Gasteiger partial charge on any atom is -0.507 e. The fourth-order valence-electron chi connectivity index (χ4n) is 3.83. The molecule has 0 aliphatic rings. The summed E-state index contributed by atoms with van der Waals surface area (Å²) in [5, 5.41) is 15.2. The van der Waals surface area contributed by atoms with E-state index in [0.717, 1.165) is 38.5 Å². The van der Waals surface area contributed by atoms with Gasteiger partial charge >= 0.3 is 5.97 Å². The summed E-state index contributed by atoms with van der Waals surface area (Å²) < 4.78 is 4.84. The number of para-hydroxylation sites is 1. The maximum Gasteiger partial charge on any atom is 0.329 e. The number of benzene rings is 1. The Morgan fingerprint density at radius 2 is 1.23 bits per heavy atom. The second-order valence-electron chi connectivity index (χ2n) is 10.3. The lowest BCUT2D eigenvalue weighted by molar-refractivity contribution is -0.144. The first-order valence-electron chi connectivity index (χ1n) is 15.9. The Bertz CT molecular complexity index is 1270. The van der Waals surface area contributed by atoms with Crippen LogP contribution in [0.25, 0.3) is 0 Å². The van der Waals surface area contributed by atoms with Gasteiger partial charge in [0.05, 0.1) is 18.7 Å². The van der Waals surface area contributed by atoms with Crippen molar-refractivity contribution in [1.29, 1.82) is 0 Å². The zero-order valence-electron chi connectivity index (χ0n) is 27.8. The van der Waals surface area contributed by atoms with E-state index in [9.17, 15) is 24.3 Å². The van der Waals surface area contributed by atoms with Gasteiger partial charge in [-0.1, -0.05) is 114 Å². The SMILES string of the molecule is CC/C=C\C/C=C\C/C=C\C/C=C\C/C=C\C/C=C\CCC(=O)N[C@@H](CSSC[C@H](NC(=O)c1ccccc1O)C(C)=O)C(=O)OC. The smallest absolute Gasteiger partial charge is 0.329 e. The van der Waals surface area contributed by atoms with Crippen molar-refractivity contribution in [1.82, 2.24) is 10.6 Å². The Balaban J connectivity index is 2.29. The molecule has 0 saturated heterocycles. The average Bonchev–Trinajstić information content (AvgIpc) is 3.06. The Labute approximate surface area is 288 Å². The van der Waals surface area contributed by atoms with E-state index in [4.69, 9.17) is 4.74 Å². The summed E-state index contributed by atoms with van der Waals surface area (Å²) >= 11 is 0. The van der Waals surface area contributed by atoms with E-state index in [2.05, 4.69) is 78.3 Å². The highest BCUT2D eigenvalue weighted by Gasteiger charge is 2.23. The van der Waals surface area contributed by atoms with Gasteiger partial charge in [0.2, 0.25) is 5.91 Å². The molecule has 0 bridgehead atoms. The normalized spacial score (nSPS) is 13.3. The zero-order valence-corrected chi connectivity index (χ0v) is 29.4. The van der Waals surface area contributed by atoms with Crippen molar-refractivity contribution in [2.45, 2.75) is 77.3 Å². The molecule has 1 rings (SSSR count). The van der Waals surface area contributed by atoms with Gasteiger partial charge in [0.15, 0.2) is 5.78 Å². The van der Waals surface area contributed by atoms with Crippen LogP contribution in [0.1, 0.15) is 75.6 Å². The summed E-state index contributed by atoms with van der Waals surface area (Å²) in [6.07, 6.45) is 31.9. The number of hydrogen-bond acceptors (Lipinski definition) is 8. The zero-order chi connectivity index (χ0) is 34.5. The highest BCUT2D eigenvalue weighted by atomic mass is 33.1. The van der Waals surface area contributed by atoms with E-state index in [1.54, 1.807) is 12.1 Å². The molecule has 1 aromatic carbocycles. The summed E-state index contributed by atoms with van der Waals surface area (Å²) in [6, 6.07) is 4.45. The second kappa shape index (κ2) is 27.4. The molecule has 47 heavy (non-hydrogen) atoms. The molecule has 3 N–H and O–H groups in total. The van der Waals surface area contributed by atoms with Crippen LogP contribution in [-0.4, -0.2) is 59.4 Å². The minimum atomic E-state index is -0.845. The van der Waals surface area contributed by atoms with Gasteiger partial charge in [-0.2, -0.15) is 0 Å². The molecule has 1 aromatic rings. The number of carbonyl (C=O) groups excluding carboxylic acids is 4. The van der Waals surface area contributed by atoms with E-state index in [0.29, 0.717) is 6.42 Å². The number of carbonyl (C=O) groups is 4. The van der Waals surface area contributed by atoms with Crippen LogP contribution < -0.4 is 10.6 Å². The molecule has 0 spiro atoms. The molecule has 2 amide bonds. The number of rotatable bonds is 24. The quantitative estimate of drug-likeness (QED) is 0.0441. The van der Waals surface area contributed by atoms with Gasteiger partial charge in [0, 0.05) is 17.9 Å². The number of allylic oxidation sites excluding steroid dienone is 12.